The zero-order chi connectivity index (χ0) is 10.7. The molecule has 80 valence electrons. The topological polar surface area (TPSA) is 58.1 Å². The molecule has 0 bridgehead atoms. The molecule has 0 radical (unpaired) electrons. The third-order valence-corrected chi connectivity index (χ3v) is 2.49. The van der Waals surface area contributed by atoms with Gasteiger partial charge in [0.25, 0.3) is 5.91 Å². The van der Waals surface area contributed by atoms with Crippen LogP contribution in [0.15, 0.2) is 18.5 Å². The van der Waals surface area contributed by atoms with E-state index in [1.807, 2.05) is 4.90 Å². The minimum Gasteiger partial charge on any atom is -0.336 e. The van der Waals surface area contributed by atoms with Gasteiger partial charge in [-0.3, -0.25) is 4.79 Å². The van der Waals surface area contributed by atoms with E-state index >= 15 is 0 Å². The molecule has 1 N–H and O–H groups in total. The van der Waals surface area contributed by atoms with Crippen LogP contribution in [0.5, 0.6) is 0 Å². The Hall–Kier alpha value is -1.49. The van der Waals surface area contributed by atoms with E-state index in [-0.39, 0.29) is 5.91 Å². The molecule has 1 unspecified atom stereocenters. The monoisotopic (exact) mass is 206 g/mol. The van der Waals surface area contributed by atoms with Gasteiger partial charge in [-0.2, -0.15) is 10.2 Å². The van der Waals surface area contributed by atoms with Crippen LogP contribution in [-0.4, -0.2) is 46.7 Å². The lowest BCUT2D eigenvalue weighted by Crippen LogP contribution is -2.51. The average Bonchev–Trinajstić information content (AvgIpc) is 2.29. The Morgan fingerprint density at radius 2 is 2.47 bits per heavy atom. The van der Waals surface area contributed by atoms with E-state index in [1.54, 1.807) is 12.3 Å². The molecule has 1 aliphatic heterocycles. The molecular weight excluding hydrogens is 192 g/mol. The molecule has 0 spiro atoms. The summed E-state index contributed by atoms with van der Waals surface area (Å²) < 4.78 is 0. The van der Waals surface area contributed by atoms with E-state index < -0.39 is 0 Å². The normalized spacial score (nSPS) is 21.4. The molecule has 1 aliphatic rings. The highest BCUT2D eigenvalue weighted by Gasteiger charge is 2.21. The van der Waals surface area contributed by atoms with E-state index in [0.717, 1.165) is 19.6 Å². The van der Waals surface area contributed by atoms with Crippen molar-refractivity contribution < 1.29 is 4.79 Å². The van der Waals surface area contributed by atoms with Crippen molar-refractivity contribution in [2.24, 2.45) is 0 Å². The molecule has 1 saturated heterocycles. The second-order valence-electron chi connectivity index (χ2n) is 3.74. The van der Waals surface area contributed by atoms with Crippen molar-refractivity contribution in [3.63, 3.8) is 0 Å². The fraction of sp³-hybridized carbons (Fsp3) is 0.500. The first kappa shape index (κ1) is 10.0. The van der Waals surface area contributed by atoms with Crippen LogP contribution in [0.4, 0.5) is 0 Å². The summed E-state index contributed by atoms with van der Waals surface area (Å²) in [4.78, 5) is 13.8. The Labute approximate surface area is 88.5 Å². The molecule has 1 aromatic heterocycles. The summed E-state index contributed by atoms with van der Waals surface area (Å²) in [6.07, 6.45) is 3.05. The van der Waals surface area contributed by atoms with Crippen LogP contribution >= 0.6 is 0 Å². The van der Waals surface area contributed by atoms with Crippen LogP contribution in [0.25, 0.3) is 0 Å². The molecule has 2 heterocycles. The molecule has 1 atom stereocenters. The van der Waals surface area contributed by atoms with E-state index in [4.69, 9.17) is 0 Å². The number of aromatic nitrogens is 2. The van der Waals surface area contributed by atoms with E-state index in [2.05, 4.69) is 22.4 Å². The average molecular weight is 206 g/mol. The second-order valence-corrected chi connectivity index (χ2v) is 3.74. The lowest BCUT2D eigenvalue weighted by atomic mass is 10.2. The molecule has 1 amide bonds. The Kier molecular flexibility index (Phi) is 2.91. The highest BCUT2D eigenvalue weighted by molar-refractivity contribution is 5.93. The van der Waals surface area contributed by atoms with Crippen molar-refractivity contribution in [3.05, 3.63) is 24.0 Å². The minimum absolute atomic E-state index is 0.0400. The van der Waals surface area contributed by atoms with Gasteiger partial charge in [-0.1, -0.05) is 0 Å². The van der Waals surface area contributed by atoms with E-state index in [1.165, 1.54) is 6.20 Å². The van der Waals surface area contributed by atoms with Gasteiger partial charge >= 0.3 is 0 Å². The fourth-order valence-electron chi connectivity index (χ4n) is 1.72. The number of nitrogens with one attached hydrogen (secondary N) is 1. The van der Waals surface area contributed by atoms with Gasteiger partial charge in [-0.25, -0.2) is 0 Å². The van der Waals surface area contributed by atoms with Gasteiger partial charge in [0, 0.05) is 25.7 Å². The summed E-state index contributed by atoms with van der Waals surface area (Å²) in [5.74, 6) is 0.0400. The van der Waals surface area contributed by atoms with Crippen molar-refractivity contribution >= 4 is 5.91 Å². The largest absolute Gasteiger partial charge is 0.336 e. The summed E-state index contributed by atoms with van der Waals surface area (Å²) in [5.41, 5.74) is 0.610. The van der Waals surface area contributed by atoms with Crippen LogP contribution < -0.4 is 5.32 Å². The standard InChI is InChI=1S/C10H14N4O/c1-8-7-14(5-4-11-8)10(15)9-2-3-12-13-6-9/h2-3,6,8,11H,4-5,7H2,1H3. The van der Waals surface area contributed by atoms with Crippen molar-refractivity contribution in [2.45, 2.75) is 13.0 Å². The second kappa shape index (κ2) is 4.35. The van der Waals surface area contributed by atoms with Crippen LogP contribution in [0.3, 0.4) is 0 Å². The molecule has 1 aromatic rings. The molecule has 0 aromatic carbocycles. The number of nitrogens with zero attached hydrogens (tertiary/aromatic N) is 3. The molecular formula is C10H14N4O. The fourth-order valence-corrected chi connectivity index (χ4v) is 1.72. The molecule has 0 aliphatic carbocycles. The minimum atomic E-state index is 0.0400. The summed E-state index contributed by atoms with van der Waals surface area (Å²) in [7, 11) is 0. The number of carbonyl (C=O) groups is 1. The first-order chi connectivity index (χ1) is 7.27. The zero-order valence-corrected chi connectivity index (χ0v) is 8.68. The van der Waals surface area contributed by atoms with Crippen molar-refractivity contribution in [2.75, 3.05) is 19.6 Å². The Morgan fingerprint density at radius 3 is 3.13 bits per heavy atom. The third-order valence-electron chi connectivity index (χ3n) is 2.49. The van der Waals surface area contributed by atoms with Crippen LogP contribution in [0, 0.1) is 0 Å². The SMILES string of the molecule is CC1CN(C(=O)c2ccnnc2)CCN1. The van der Waals surface area contributed by atoms with E-state index in [0.29, 0.717) is 11.6 Å². The Balaban J connectivity index is 2.08. The van der Waals surface area contributed by atoms with Gasteiger partial charge in [0.05, 0.1) is 18.0 Å². The molecule has 5 nitrogen and oxygen atoms in total. The van der Waals surface area contributed by atoms with Gasteiger partial charge in [-0.05, 0) is 13.0 Å². The predicted octanol–water partition coefficient (Wildman–Crippen LogP) is -0.0895. The number of carbonyl (C=O) groups excluding carboxylic acids is 1. The van der Waals surface area contributed by atoms with E-state index in [9.17, 15) is 4.79 Å². The summed E-state index contributed by atoms with van der Waals surface area (Å²) >= 11 is 0. The maximum Gasteiger partial charge on any atom is 0.255 e. The molecule has 1 fully saturated rings. The third kappa shape index (κ3) is 2.30. The number of amides is 1. The lowest BCUT2D eigenvalue weighted by Gasteiger charge is -2.31. The van der Waals surface area contributed by atoms with Gasteiger partial charge in [-0.15, -0.1) is 0 Å². The number of rotatable bonds is 1. The molecule has 5 heteroatoms. The number of hydrogen-bond donors (Lipinski definition) is 1. The van der Waals surface area contributed by atoms with Crippen LogP contribution in [0.2, 0.25) is 0 Å². The van der Waals surface area contributed by atoms with Crippen LogP contribution in [0.1, 0.15) is 17.3 Å². The quantitative estimate of drug-likeness (QED) is 0.697. The Bertz CT molecular complexity index is 341. The summed E-state index contributed by atoms with van der Waals surface area (Å²) in [5, 5.41) is 10.7. The van der Waals surface area contributed by atoms with Gasteiger partial charge in [0.1, 0.15) is 0 Å². The molecule has 0 saturated carbocycles. The predicted molar refractivity (Wildman–Crippen MR) is 55.4 cm³/mol. The van der Waals surface area contributed by atoms with Crippen molar-refractivity contribution in [1.82, 2.24) is 20.4 Å². The molecule has 2 rings (SSSR count). The summed E-state index contributed by atoms with van der Waals surface area (Å²) in [6, 6.07) is 2.06. The van der Waals surface area contributed by atoms with Gasteiger partial charge in [0.2, 0.25) is 0 Å². The van der Waals surface area contributed by atoms with Crippen LogP contribution in [-0.2, 0) is 0 Å². The zero-order valence-electron chi connectivity index (χ0n) is 8.68. The van der Waals surface area contributed by atoms with Gasteiger partial charge in [0.15, 0.2) is 0 Å². The van der Waals surface area contributed by atoms with Crippen molar-refractivity contribution in [1.29, 1.82) is 0 Å². The maximum absolute atomic E-state index is 12.0. The lowest BCUT2D eigenvalue weighted by molar-refractivity contribution is 0.0708. The number of piperazine rings is 1. The van der Waals surface area contributed by atoms with Gasteiger partial charge < -0.3 is 10.2 Å². The maximum atomic E-state index is 12.0. The highest BCUT2D eigenvalue weighted by atomic mass is 16.2. The highest BCUT2D eigenvalue weighted by Crippen LogP contribution is 2.05. The molecule has 15 heavy (non-hydrogen) atoms. The smallest absolute Gasteiger partial charge is 0.255 e. The Morgan fingerprint density at radius 1 is 1.60 bits per heavy atom. The first-order valence-electron chi connectivity index (χ1n) is 5.07. The van der Waals surface area contributed by atoms with Crippen molar-refractivity contribution in [3.8, 4) is 0 Å². The first-order valence-corrected chi connectivity index (χ1v) is 5.07. The summed E-state index contributed by atoms with van der Waals surface area (Å²) in [6.45, 7) is 4.43. The number of hydrogen-bond acceptors (Lipinski definition) is 4.